The van der Waals surface area contributed by atoms with E-state index in [1.54, 1.807) is 27.7 Å². The lowest BCUT2D eigenvalue weighted by Crippen LogP contribution is -2.44. The molecule has 0 fully saturated rings. The van der Waals surface area contributed by atoms with E-state index in [9.17, 15) is 9.59 Å². The molecule has 0 N–H and O–H groups in total. The molecule has 0 aromatic heterocycles. The van der Waals surface area contributed by atoms with Crippen molar-refractivity contribution in [2.45, 2.75) is 47.1 Å². The van der Waals surface area contributed by atoms with Crippen LogP contribution in [-0.2, 0) is 23.9 Å². The molecule has 0 unspecified atom stereocenters. The van der Waals surface area contributed by atoms with Gasteiger partial charge in [0.15, 0.2) is 6.79 Å². The lowest BCUT2D eigenvalue weighted by molar-refractivity contribution is -0.239. The van der Waals surface area contributed by atoms with Gasteiger partial charge in [0.2, 0.25) is 0 Å². The summed E-state index contributed by atoms with van der Waals surface area (Å²) < 4.78 is 10.6. The molecule has 0 aliphatic carbocycles. The fourth-order valence-electron chi connectivity index (χ4n) is 3.00. The molecule has 6 nitrogen and oxygen atoms in total. The summed E-state index contributed by atoms with van der Waals surface area (Å²) in [6, 6.07) is 5.78. The molecular formula is C20H27NO5. The maximum Gasteiger partial charge on any atom is 0.313 e. The Morgan fingerprint density at radius 1 is 1.19 bits per heavy atom. The van der Waals surface area contributed by atoms with Gasteiger partial charge >= 0.3 is 5.97 Å². The van der Waals surface area contributed by atoms with Crippen LogP contribution in [0.1, 0.15) is 44.4 Å². The van der Waals surface area contributed by atoms with Crippen molar-refractivity contribution in [2.75, 3.05) is 13.9 Å². The van der Waals surface area contributed by atoms with Crippen molar-refractivity contribution in [3.63, 3.8) is 0 Å². The molecule has 1 aliphatic heterocycles. The number of carbonyl (C=O) groups excluding carboxylic acids is 2. The summed E-state index contributed by atoms with van der Waals surface area (Å²) in [5.74, 6) is -0.759. The van der Waals surface area contributed by atoms with Crippen LogP contribution in [0.4, 0.5) is 0 Å². The lowest BCUT2D eigenvalue weighted by atomic mass is 9.93. The van der Waals surface area contributed by atoms with E-state index in [0.29, 0.717) is 11.3 Å². The average Bonchev–Trinajstić information content (AvgIpc) is 2.73. The van der Waals surface area contributed by atoms with Gasteiger partial charge in [0, 0.05) is 7.11 Å². The normalized spacial score (nSPS) is 16.6. The highest BCUT2D eigenvalue weighted by Crippen LogP contribution is 2.42. The smallest absolute Gasteiger partial charge is 0.313 e. The highest BCUT2D eigenvalue weighted by atomic mass is 16.8. The number of carbonyl (C=O) groups is 2. The molecular weight excluding hydrogens is 334 g/mol. The average molecular weight is 361 g/mol. The lowest BCUT2D eigenvalue weighted by Gasteiger charge is -2.31. The van der Waals surface area contributed by atoms with Crippen LogP contribution in [0.5, 0.6) is 0 Å². The Balaban J connectivity index is 2.66. The van der Waals surface area contributed by atoms with Gasteiger partial charge in [0.05, 0.1) is 11.5 Å². The number of rotatable bonds is 6. The van der Waals surface area contributed by atoms with Gasteiger partial charge in [-0.25, -0.2) is 9.90 Å². The summed E-state index contributed by atoms with van der Waals surface area (Å²) in [7, 11) is 1.48. The van der Waals surface area contributed by atoms with E-state index < -0.39 is 11.5 Å². The summed E-state index contributed by atoms with van der Waals surface area (Å²) >= 11 is 0. The van der Waals surface area contributed by atoms with Crippen molar-refractivity contribution < 1.29 is 23.9 Å². The second-order valence-electron chi connectivity index (χ2n) is 7.24. The predicted octanol–water partition coefficient (Wildman–Crippen LogP) is 3.37. The summed E-state index contributed by atoms with van der Waals surface area (Å²) in [5, 5.41) is 1.22. The van der Waals surface area contributed by atoms with Gasteiger partial charge in [0.25, 0.3) is 5.91 Å². The molecule has 142 valence electrons. The molecule has 0 atom stereocenters. The molecule has 0 bridgehead atoms. The molecule has 1 aromatic rings. The van der Waals surface area contributed by atoms with Gasteiger partial charge in [0.1, 0.15) is 11.3 Å². The Morgan fingerprint density at radius 2 is 1.77 bits per heavy atom. The number of benzene rings is 1. The van der Waals surface area contributed by atoms with Gasteiger partial charge in [-0.15, -0.1) is 0 Å². The van der Waals surface area contributed by atoms with E-state index in [2.05, 4.69) is 0 Å². The number of amides is 1. The number of methoxy groups -OCH3 is 1. The fraction of sp³-hybridized carbons (Fsp3) is 0.500. The Hall–Kier alpha value is -2.18. The first kappa shape index (κ1) is 20.1. The highest BCUT2D eigenvalue weighted by molar-refractivity contribution is 6.23. The van der Waals surface area contributed by atoms with Crippen molar-refractivity contribution in [1.82, 2.24) is 5.06 Å². The number of hydroxylamine groups is 2. The van der Waals surface area contributed by atoms with Crippen molar-refractivity contribution in [2.24, 2.45) is 5.92 Å². The van der Waals surface area contributed by atoms with Gasteiger partial charge in [-0.1, -0.05) is 32.0 Å². The number of hydrogen-bond acceptors (Lipinski definition) is 5. The molecule has 1 amide bonds. The zero-order valence-corrected chi connectivity index (χ0v) is 16.5. The fourth-order valence-corrected chi connectivity index (χ4v) is 3.00. The molecule has 26 heavy (non-hydrogen) atoms. The first-order chi connectivity index (χ1) is 12.1. The molecule has 0 radical (unpaired) electrons. The van der Waals surface area contributed by atoms with Crippen molar-refractivity contribution in [3.8, 4) is 0 Å². The van der Waals surface area contributed by atoms with Gasteiger partial charge in [-0.3, -0.25) is 9.59 Å². The Labute approximate surface area is 154 Å². The topological polar surface area (TPSA) is 65.1 Å². The monoisotopic (exact) mass is 361 g/mol. The second kappa shape index (κ2) is 7.60. The summed E-state index contributed by atoms with van der Waals surface area (Å²) in [6.07, 6.45) is 0. The predicted molar refractivity (Wildman–Crippen MR) is 97.7 cm³/mol. The molecule has 6 heteroatoms. The van der Waals surface area contributed by atoms with Crippen LogP contribution in [0, 0.1) is 19.8 Å². The quantitative estimate of drug-likeness (QED) is 0.574. The third-order valence-electron chi connectivity index (χ3n) is 4.39. The standard InChI is InChI=1S/C20H27NO5/c1-12(2)19(23)26-17-16(15-13(3)9-8-10-14(15)4)18(22)21(20(17,5)6)25-11-24-7/h8-10,12H,11H2,1-7H3. The van der Waals surface area contributed by atoms with E-state index in [4.69, 9.17) is 14.3 Å². The van der Waals surface area contributed by atoms with Crippen LogP contribution in [0.2, 0.25) is 0 Å². The third kappa shape index (κ3) is 3.52. The van der Waals surface area contributed by atoms with Crippen LogP contribution in [0.25, 0.3) is 5.57 Å². The zero-order chi connectivity index (χ0) is 19.6. The molecule has 1 aliphatic rings. The molecule has 0 spiro atoms. The van der Waals surface area contributed by atoms with Crippen LogP contribution in [0.3, 0.4) is 0 Å². The minimum atomic E-state index is -0.954. The first-order valence-electron chi connectivity index (χ1n) is 8.62. The van der Waals surface area contributed by atoms with Crippen molar-refractivity contribution in [1.29, 1.82) is 0 Å². The number of ether oxygens (including phenoxy) is 2. The Morgan fingerprint density at radius 3 is 2.27 bits per heavy atom. The van der Waals surface area contributed by atoms with Crippen LogP contribution < -0.4 is 0 Å². The van der Waals surface area contributed by atoms with E-state index in [1.807, 2.05) is 32.0 Å². The SMILES string of the molecule is COCON1C(=O)C(c2c(C)cccc2C)=C(OC(=O)C(C)C)C1(C)C. The second-order valence-corrected chi connectivity index (χ2v) is 7.24. The molecule has 0 saturated carbocycles. The van der Waals surface area contributed by atoms with E-state index in [0.717, 1.165) is 16.7 Å². The van der Waals surface area contributed by atoms with Gasteiger partial charge in [-0.2, -0.15) is 0 Å². The number of esters is 1. The van der Waals surface area contributed by atoms with E-state index in [1.165, 1.54) is 12.2 Å². The van der Waals surface area contributed by atoms with E-state index in [-0.39, 0.29) is 18.6 Å². The third-order valence-corrected chi connectivity index (χ3v) is 4.39. The van der Waals surface area contributed by atoms with Crippen LogP contribution in [-0.4, -0.2) is 36.4 Å². The highest BCUT2D eigenvalue weighted by Gasteiger charge is 2.50. The summed E-state index contributed by atoms with van der Waals surface area (Å²) in [5.41, 5.74) is 2.02. The maximum absolute atomic E-state index is 13.2. The number of aryl methyl sites for hydroxylation is 2. The van der Waals surface area contributed by atoms with Gasteiger partial charge in [-0.05, 0) is 44.4 Å². The first-order valence-corrected chi connectivity index (χ1v) is 8.62. The molecule has 1 aromatic carbocycles. The maximum atomic E-state index is 13.2. The molecule has 2 rings (SSSR count). The summed E-state index contributed by atoms with van der Waals surface area (Å²) in [6.45, 7) is 10.8. The molecule has 1 heterocycles. The Kier molecular flexibility index (Phi) is 5.88. The largest absolute Gasteiger partial charge is 0.427 e. The number of hydrogen-bond donors (Lipinski definition) is 0. The van der Waals surface area contributed by atoms with Gasteiger partial charge < -0.3 is 9.47 Å². The van der Waals surface area contributed by atoms with Crippen molar-refractivity contribution in [3.05, 3.63) is 40.6 Å². The van der Waals surface area contributed by atoms with Crippen molar-refractivity contribution >= 4 is 17.4 Å². The number of nitrogens with zero attached hydrogens (tertiary/aromatic N) is 1. The van der Waals surface area contributed by atoms with Crippen LogP contribution >= 0.6 is 0 Å². The summed E-state index contributed by atoms with van der Waals surface area (Å²) in [4.78, 5) is 31.0. The molecule has 0 saturated heterocycles. The van der Waals surface area contributed by atoms with E-state index >= 15 is 0 Å². The minimum absolute atomic E-state index is 0.0827. The Bertz CT molecular complexity index is 728. The zero-order valence-electron chi connectivity index (χ0n) is 16.5. The van der Waals surface area contributed by atoms with Crippen LogP contribution in [0.15, 0.2) is 24.0 Å². The minimum Gasteiger partial charge on any atom is -0.427 e.